The highest BCUT2D eigenvalue weighted by Crippen LogP contribution is 2.44. The number of alkyl halides is 6. The molecule has 0 aromatic rings. The minimum atomic E-state index is -4.86. The van der Waals surface area contributed by atoms with Crippen molar-refractivity contribution in [2.75, 3.05) is 0 Å². The van der Waals surface area contributed by atoms with Crippen molar-refractivity contribution < 1.29 is 26.3 Å². The van der Waals surface area contributed by atoms with E-state index in [-0.39, 0.29) is 6.08 Å². The second-order valence-corrected chi connectivity index (χ2v) is 3.94. The van der Waals surface area contributed by atoms with E-state index in [1.165, 1.54) is 6.92 Å². The fourth-order valence-corrected chi connectivity index (χ4v) is 1.64. The fourth-order valence-electron chi connectivity index (χ4n) is 1.40. The van der Waals surface area contributed by atoms with Crippen molar-refractivity contribution in [2.24, 2.45) is 5.92 Å². The SMILES string of the molecule is CC1CC(C(F)(F)F)=CC(C(F)(F)F)=C1Cl. The molecule has 0 aliphatic heterocycles. The Hall–Kier alpha value is -0.650. The Balaban J connectivity index is 3.23. The molecule has 0 spiro atoms. The van der Waals surface area contributed by atoms with Gasteiger partial charge in [-0.05, 0) is 18.4 Å². The standard InChI is InChI=1S/C9H7ClF6/c1-4-2-5(8(11,12)13)3-6(7(4)10)9(14,15)16/h3-4H,2H2,1H3. The molecule has 0 heterocycles. The van der Waals surface area contributed by atoms with E-state index >= 15 is 0 Å². The molecule has 0 N–H and O–H groups in total. The maximum Gasteiger partial charge on any atom is 0.417 e. The number of hydrogen-bond donors (Lipinski definition) is 0. The van der Waals surface area contributed by atoms with Crippen LogP contribution in [0.5, 0.6) is 0 Å². The Morgan fingerprint density at radius 1 is 1.12 bits per heavy atom. The van der Waals surface area contributed by atoms with E-state index in [1.807, 2.05) is 0 Å². The van der Waals surface area contributed by atoms with Gasteiger partial charge in [-0.25, -0.2) is 0 Å². The largest absolute Gasteiger partial charge is 0.417 e. The predicted molar refractivity (Wildman–Crippen MR) is 46.9 cm³/mol. The van der Waals surface area contributed by atoms with Crippen molar-refractivity contribution >= 4 is 11.6 Å². The van der Waals surface area contributed by atoms with E-state index in [2.05, 4.69) is 0 Å². The molecule has 0 nitrogen and oxygen atoms in total. The van der Waals surface area contributed by atoms with E-state index < -0.39 is 40.9 Å². The highest BCUT2D eigenvalue weighted by Gasteiger charge is 2.43. The average molecular weight is 265 g/mol. The highest BCUT2D eigenvalue weighted by atomic mass is 35.5. The molecule has 7 heteroatoms. The van der Waals surface area contributed by atoms with Gasteiger partial charge in [0.05, 0.1) is 5.57 Å². The Morgan fingerprint density at radius 2 is 1.62 bits per heavy atom. The summed E-state index contributed by atoms with van der Waals surface area (Å²) >= 11 is 5.38. The molecule has 0 saturated carbocycles. The van der Waals surface area contributed by atoms with Crippen LogP contribution in [0, 0.1) is 5.92 Å². The Labute approximate surface area is 92.6 Å². The third kappa shape index (κ3) is 2.72. The molecule has 0 bridgehead atoms. The van der Waals surface area contributed by atoms with E-state index in [1.54, 1.807) is 0 Å². The third-order valence-electron chi connectivity index (χ3n) is 2.20. The molecular weight excluding hydrogens is 258 g/mol. The zero-order valence-corrected chi connectivity index (χ0v) is 8.76. The van der Waals surface area contributed by atoms with Crippen molar-refractivity contribution in [3.63, 3.8) is 0 Å². The smallest absolute Gasteiger partial charge is 0.166 e. The summed E-state index contributed by atoms with van der Waals surface area (Å²) in [6, 6.07) is 0. The van der Waals surface area contributed by atoms with Gasteiger partial charge in [0, 0.05) is 10.6 Å². The maximum atomic E-state index is 12.4. The van der Waals surface area contributed by atoms with Crippen LogP contribution in [0.15, 0.2) is 22.3 Å². The topological polar surface area (TPSA) is 0 Å². The lowest BCUT2D eigenvalue weighted by atomic mass is 9.90. The summed E-state index contributed by atoms with van der Waals surface area (Å²) < 4.78 is 74.0. The summed E-state index contributed by atoms with van der Waals surface area (Å²) in [5.74, 6) is -0.972. The fraction of sp³-hybridized carbons (Fsp3) is 0.556. The van der Waals surface area contributed by atoms with E-state index in [0.29, 0.717) is 0 Å². The summed E-state index contributed by atoms with van der Waals surface area (Å²) in [7, 11) is 0. The molecule has 1 unspecified atom stereocenters. The van der Waals surface area contributed by atoms with E-state index in [9.17, 15) is 26.3 Å². The normalized spacial score (nSPS) is 23.5. The van der Waals surface area contributed by atoms with Gasteiger partial charge >= 0.3 is 12.4 Å². The molecule has 0 aromatic carbocycles. The second kappa shape index (κ2) is 3.98. The number of hydrogen-bond acceptors (Lipinski definition) is 0. The van der Waals surface area contributed by atoms with Gasteiger partial charge in [-0.15, -0.1) is 0 Å². The van der Waals surface area contributed by atoms with Gasteiger partial charge < -0.3 is 0 Å². The first-order chi connectivity index (χ1) is 7.03. The van der Waals surface area contributed by atoms with Crippen LogP contribution >= 0.6 is 11.6 Å². The molecule has 16 heavy (non-hydrogen) atoms. The molecule has 92 valence electrons. The Morgan fingerprint density at radius 3 is 2.00 bits per heavy atom. The van der Waals surface area contributed by atoms with Gasteiger partial charge in [-0.3, -0.25) is 0 Å². The molecule has 0 fully saturated rings. The van der Waals surface area contributed by atoms with Crippen LogP contribution < -0.4 is 0 Å². The maximum absolute atomic E-state index is 12.4. The summed E-state index contributed by atoms with van der Waals surface area (Å²) in [5, 5.41) is -0.569. The van der Waals surface area contributed by atoms with Crippen molar-refractivity contribution in [3.05, 3.63) is 22.3 Å². The van der Waals surface area contributed by atoms with Crippen molar-refractivity contribution in [3.8, 4) is 0 Å². The van der Waals surface area contributed by atoms with Crippen LogP contribution in [-0.4, -0.2) is 12.4 Å². The quantitative estimate of drug-likeness (QED) is 0.562. The first-order valence-electron chi connectivity index (χ1n) is 4.28. The van der Waals surface area contributed by atoms with Crippen LogP contribution in [-0.2, 0) is 0 Å². The highest BCUT2D eigenvalue weighted by molar-refractivity contribution is 6.30. The van der Waals surface area contributed by atoms with Gasteiger partial charge in [-0.1, -0.05) is 18.5 Å². The van der Waals surface area contributed by atoms with Crippen LogP contribution in [0.4, 0.5) is 26.3 Å². The summed E-state index contributed by atoms with van der Waals surface area (Å²) in [6.07, 6.45) is -10.0. The summed E-state index contributed by atoms with van der Waals surface area (Å²) in [4.78, 5) is 0. The molecule has 1 aliphatic rings. The molecule has 0 saturated heterocycles. The number of halogens is 7. The lowest BCUT2D eigenvalue weighted by Crippen LogP contribution is -2.23. The van der Waals surface area contributed by atoms with E-state index in [4.69, 9.17) is 11.6 Å². The van der Waals surface area contributed by atoms with Gasteiger partial charge in [0.1, 0.15) is 0 Å². The minimum absolute atomic E-state index is 0.0856. The van der Waals surface area contributed by atoms with Crippen molar-refractivity contribution in [1.82, 2.24) is 0 Å². The molecule has 1 atom stereocenters. The molecule has 1 aliphatic carbocycles. The monoisotopic (exact) mass is 264 g/mol. The molecular formula is C9H7ClF6. The van der Waals surface area contributed by atoms with Gasteiger partial charge in [0.15, 0.2) is 0 Å². The predicted octanol–water partition coefficient (Wildman–Crippen LogP) is 4.57. The van der Waals surface area contributed by atoms with Gasteiger partial charge in [0.25, 0.3) is 0 Å². The van der Waals surface area contributed by atoms with E-state index in [0.717, 1.165) is 0 Å². The van der Waals surface area contributed by atoms with Crippen LogP contribution in [0.2, 0.25) is 0 Å². The Bertz CT molecular complexity index is 346. The summed E-state index contributed by atoms with van der Waals surface area (Å²) in [5.41, 5.74) is -2.60. The Kier molecular flexibility index (Phi) is 3.34. The lowest BCUT2D eigenvalue weighted by molar-refractivity contribution is -0.1000. The second-order valence-electron chi connectivity index (χ2n) is 3.53. The zero-order chi connectivity index (χ0) is 12.7. The van der Waals surface area contributed by atoms with Gasteiger partial charge in [0.2, 0.25) is 0 Å². The molecule has 0 amide bonds. The van der Waals surface area contributed by atoms with Crippen LogP contribution in [0.1, 0.15) is 13.3 Å². The number of rotatable bonds is 0. The van der Waals surface area contributed by atoms with Crippen molar-refractivity contribution in [2.45, 2.75) is 25.7 Å². The molecule has 1 rings (SSSR count). The molecule has 0 radical (unpaired) electrons. The lowest BCUT2D eigenvalue weighted by Gasteiger charge is -2.24. The minimum Gasteiger partial charge on any atom is -0.166 e. The number of allylic oxidation sites excluding steroid dienone is 4. The first-order valence-corrected chi connectivity index (χ1v) is 4.66. The van der Waals surface area contributed by atoms with Crippen LogP contribution in [0.25, 0.3) is 0 Å². The summed E-state index contributed by atoms with van der Waals surface area (Å²) in [6.45, 7) is 1.23. The van der Waals surface area contributed by atoms with Crippen molar-refractivity contribution in [1.29, 1.82) is 0 Å². The van der Waals surface area contributed by atoms with Gasteiger partial charge in [-0.2, -0.15) is 26.3 Å². The zero-order valence-electron chi connectivity index (χ0n) is 8.01. The first kappa shape index (κ1) is 13.4. The van der Waals surface area contributed by atoms with Crippen LogP contribution in [0.3, 0.4) is 0 Å². The molecule has 0 aromatic heterocycles. The third-order valence-corrected chi connectivity index (χ3v) is 2.78. The average Bonchev–Trinajstić information content (AvgIpc) is 2.05.